The molecular weight excluding hydrogens is 170 g/mol. The van der Waals surface area contributed by atoms with E-state index in [-0.39, 0.29) is 0 Å². The maximum Gasteiger partial charge on any atom is 0.153 e. The number of hydrogen-bond acceptors (Lipinski definition) is 3. The summed E-state index contributed by atoms with van der Waals surface area (Å²) in [6.07, 6.45) is 0. The maximum atomic E-state index is 5.33. The summed E-state index contributed by atoms with van der Waals surface area (Å²) >= 11 is 1.52. The van der Waals surface area contributed by atoms with E-state index in [0.29, 0.717) is 6.61 Å². The zero-order valence-electron chi connectivity index (χ0n) is 6.70. The number of ether oxygens (including phenoxy) is 1. The third-order valence-electron chi connectivity index (χ3n) is 1.56. The SMILES string of the molecule is CCOc1ccc2s[c]nc2c1. The number of aromatic nitrogens is 1. The quantitative estimate of drug-likeness (QED) is 0.704. The van der Waals surface area contributed by atoms with Gasteiger partial charge in [0.2, 0.25) is 0 Å². The van der Waals surface area contributed by atoms with Gasteiger partial charge in [-0.3, -0.25) is 0 Å². The zero-order chi connectivity index (χ0) is 8.39. The Kier molecular flexibility index (Phi) is 1.96. The van der Waals surface area contributed by atoms with E-state index in [4.69, 9.17) is 4.74 Å². The second-order valence-electron chi connectivity index (χ2n) is 2.37. The van der Waals surface area contributed by atoms with Gasteiger partial charge in [0, 0.05) is 6.07 Å². The first kappa shape index (κ1) is 7.55. The number of fused-ring (bicyclic) bond motifs is 1. The fourth-order valence-electron chi connectivity index (χ4n) is 1.05. The van der Waals surface area contributed by atoms with E-state index in [1.807, 2.05) is 25.1 Å². The fraction of sp³-hybridized carbons (Fsp3) is 0.222. The van der Waals surface area contributed by atoms with Crippen molar-refractivity contribution in [3.05, 3.63) is 23.7 Å². The van der Waals surface area contributed by atoms with Gasteiger partial charge in [-0.25, -0.2) is 4.98 Å². The Labute approximate surface area is 74.8 Å². The van der Waals surface area contributed by atoms with Gasteiger partial charge in [0.05, 0.1) is 16.8 Å². The minimum Gasteiger partial charge on any atom is -0.494 e. The molecule has 0 fully saturated rings. The molecule has 61 valence electrons. The van der Waals surface area contributed by atoms with Crippen molar-refractivity contribution < 1.29 is 4.74 Å². The van der Waals surface area contributed by atoms with Crippen LogP contribution >= 0.6 is 11.3 Å². The van der Waals surface area contributed by atoms with Gasteiger partial charge in [0.25, 0.3) is 0 Å². The van der Waals surface area contributed by atoms with E-state index in [2.05, 4.69) is 10.5 Å². The maximum absolute atomic E-state index is 5.33. The van der Waals surface area contributed by atoms with Gasteiger partial charge in [-0.2, -0.15) is 0 Å². The minimum absolute atomic E-state index is 0.694. The lowest BCUT2D eigenvalue weighted by Crippen LogP contribution is -1.90. The minimum atomic E-state index is 0.694. The molecule has 0 amide bonds. The van der Waals surface area contributed by atoms with Crippen molar-refractivity contribution in [3.8, 4) is 5.75 Å². The number of nitrogens with zero attached hydrogens (tertiary/aromatic N) is 1. The Morgan fingerprint density at radius 3 is 3.33 bits per heavy atom. The fourth-order valence-corrected chi connectivity index (χ4v) is 1.64. The van der Waals surface area contributed by atoms with Crippen molar-refractivity contribution in [1.82, 2.24) is 4.98 Å². The highest BCUT2D eigenvalue weighted by Crippen LogP contribution is 2.22. The van der Waals surface area contributed by atoms with Crippen molar-refractivity contribution in [2.75, 3.05) is 6.61 Å². The van der Waals surface area contributed by atoms with E-state index in [1.54, 1.807) is 0 Å². The van der Waals surface area contributed by atoms with Crippen LogP contribution in [0, 0.1) is 5.51 Å². The average molecular weight is 178 g/mol. The van der Waals surface area contributed by atoms with E-state index >= 15 is 0 Å². The number of rotatable bonds is 2. The molecule has 0 saturated carbocycles. The molecule has 1 heterocycles. The molecule has 2 aromatic rings. The molecular formula is C9H8NOS. The summed E-state index contributed by atoms with van der Waals surface area (Å²) in [4.78, 5) is 4.08. The van der Waals surface area contributed by atoms with E-state index in [1.165, 1.54) is 11.3 Å². The number of hydrogen-bond donors (Lipinski definition) is 0. The van der Waals surface area contributed by atoms with Gasteiger partial charge < -0.3 is 4.74 Å². The molecule has 12 heavy (non-hydrogen) atoms. The molecule has 0 bridgehead atoms. The largest absolute Gasteiger partial charge is 0.494 e. The van der Waals surface area contributed by atoms with Crippen LogP contribution in [0.3, 0.4) is 0 Å². The normalized spacial score (nSPS) is 10.4. The van der Waals surface area contributed by atoms with Crippen molar-refractivity contribution in [3.63, 3.8) is 0 Å². The van der Waals surface area contributed by atoms with E-state index < -0.39 is 0 Å². The van der Waals surface area contributed by atoms with Crippen LogP contribution < -0.4 is 4.74 Å². The molecule has 1 radical (unpaired) electrons. The molecule has 1 aromatic heterocycles. The zero-order valence-corrected chi connectivity index (χ0v) is 7.52. The Balaban J connectivity index is 2.46. The van der Waals surface area contributed by atoms with Crippen LogP contribution in [-0.2, 0) is 0 Å². The van der Waals surface area contributed by atoms with Crippen molar-refractivity contribution in [1.29, 1.82) is 0 Å². The molecule has 0 spiro atoms. The predicted molar refractivity (Wildman–Crippen MR) is 49.6 cm³/mol. The second kappa shape index (κ2) is 3.11. The number of thiazole rings is 1. The van der Waals surface area contributed by atoms with Crippen LogP contribution in [0.15, 0.2) is 18.2 Å². The Morgan fingerprint density at radius 2 is 2.50 bits per heavy atom. The summed E-state index contributed by atoms with van der Waals surface area (Å²) in [6.45, 7) is 2.66. The molecule has 0 N–H and O–H groups in total. The van der Waals surface area contributed by atoms with Gasteiger partial charge >= 0.3 is 0 Å². The van der Waals surface area contributed by atoms with Crippen LogP contribution in [0.2, 0.25) is 0 Å². The molecule has 2 rings (SSSR count). The molecule has 1 aromatic carbocycles. The third-order valence-corrected chi connectivity index (χ3v) is 2.31. The smallest absolute Gasteiger partial charge is 0.153 e. The lowest BCUT2D eigenvalue weighted by Gasteiger charge is -2.00. The van der Waals surface area contributed by atoms with Gasteiger partial charge in [-0.05, 0) is 19.1 Å². The van der Waals surface area contributed by atoms with Crippen LogP contribution in [-0.4, -0.2) is 11.6 Å². The summed E-state index contributed by atoms with van der Waals surface area (Å²) in [6, 6.07) is 5.90. The Hall–Kier alpha value is -1.09. The average Bonchev–Trinajstić information content (AvgIpc) is 2.51. The van der Waals surface area contributed by atoms with Gasteiger partial charge in [-0.1, -0.05) is 0 Å². The standard InChI is InChI=1S/C9H8NOS/c1-2-11-7-3-4-9-8(5-7)10-6-12-9/h3-5H,2H2,1H3. The summed E-state index contributed by atoms with van der Waals surface area (Å²) in [5, 5.41) is 0. The van der Waals surface area contributed by atoms with Crippen LogP contribution in [0.4, 0.5) is 0 Å². The highest BCUT2D eigenvalue weighted by atomic mass is 32.1. The lowest BCUT2D eigenvalue weighted by atomic mass is 10.3. The molecule has 0 aliphatic heterocycles. The van der Waals surface area contributed by atoms with Gasteiger partial charge in [0.15, 0.2) is 5.51 Å². The number of benzene rings is 1. The molecule has 0 atom stereocenters. The highest BCUT2D eigenvalue weighted by Gasteiger charge is 1.98. The first-order valence-corrected chi connectivity index (χ1v) is 4.61. The van der Waals surface area contributed by atoms with E-state index in [0.717, 1.165) is 16.0 Å². The highest BCUT2D eigenvalue weighted by molar-refractivity contribution is 7.16. The summed E-state index contributed by atoms with van der Waals surface area (Å²) in [7, 11) is 0. The lowest BCUT2D eigenvalue weighted by molar-refractivity contribution is 0.340. The molecule has 0 unspecified atom stereocenters. The monoisotopic (exact) mass is 178 g/mol. The molecule has 2 nitrogen and oxygen atoms in total. The van der Waals surface area contributed by atoms with Crippen LogP contribution in [0.25, 0.3) is 10.2 Å². The van der Waals surface area contributed by atoms with Crippen LogP contribution in [0.5, 0.6) is 5.75 Å². The topological polar surface area (TPSA) is 22.1 Å². The van der Waals surface area contributed by atoms with E-state index in [9.17, 15) is 0 Å². The summed E-state index contributed by atoms with van der Waals surface area (Å²) in [5.74, 6) is 0.879. The molecule has 0 saturated heterocycles. The summed E-state index contributed by atoms with van der Waals surface area (Å²) < 4.78 is 6.49. The summed E-state index contributed by atoms with van der Waals surface area (Å²) in [5.41, 5.74) is 3.81. The first-order valence-electron chi connectivity index (χ1n) is 3.79. The predicted octanol–water partition coefficient (Wildman–Crippen LogP) is 2.50. The van der Waals surface area contributed by atoms with Gasteiger partial charge in [0.1, 0.15) is 5.75 Å². The first-order chi connectivity index (χ1) is 5.90. The third kappa shape index (κ3) is 1.28. The van der Waals surface area contributed by atoms with Crippen molar-refractivity contribution in [2.45, 2.75) is 6.92 Å². The molecule has 3 heteroatoms. The molecule has 0 aliphatic carbocycles. The van der Waals surface area contributed by atoms with Crippen LogP contribution in [0.1, 0.15) is 6.92 Å². The van der Waals surface area contributed by atoms with Crippen molar-refractivity contribution >= 4 is 21.6 Å². The van der Waals surface area contributed by atoms with Crippen molar-refractivity contribution in [2.24, 2.45) is 0 Å². The second-order valence-corrected chi connectivity index (χ2v) is 3.19. The Morgan fingerprint density at radius 1 is 1.58 bits per heavy atom. The van der Waals surface area contributed by atoms with Gasteiger partial charge in [-0.15, -0.1) is 11.3 Å². The Bertz CT molecular complexity index is 383. The molecule has 0 aliphatic rings.